The fraction of sp³-hybridized carbons (Fsp3) is 0.167. The van der Waals surface area contributed by atoms with Gasteiger partial charge in [-0.3, -0.25) is 4.79 Å². The van der Waals surface area contributed by atoms with Gasteiger partial charge in [0.25, 0.3) is 0 Å². The van der Waals surface area contributed by atoms with Gasteiger partial charge in [-0.1, -0.05) is 0 Å². The highest BCUT2D eigenvalue weighted by molar-refractivity contribution is 6.28. The van der Waals surface area contributed by atoms with E-state index in [-0.39, 0.29) is 11.8 Å². The molecule has 5 nitrogen and oxygen atoms in total. The number of carboxylic acid groups (broad SMARTS) is 1. The molecule has 0 aliphatic rings. The zero-order chi connectivity index (χ0) is 8.97. The highest BCUT2D eigenvalue weighted by atomic mass is 35.5. The summed E-state index contributed by atoms with van der Waals surface area (Å²) >= 11 is 5.45. The van der Waals surface area contributed by atoms with Crippen LogP contribution in [0.4, 0.5) is 5.82 Å². The molecule has 1 heterocycles. The molecule has 0 bridgehead atoms. The molecule has 0 spiro atoms. The lowest BCUT2D eigenvalue weighted by Crippen LogP contribution is -2.13. The Labute approximate surface area is 73.4 Å². The maximum absolute atomic E-state index is 10.1. The van der Waals surface area contributed by atoms with Crippen molar-refractivity contribution in [3.63, 3.8) is 0 Å². The van der Waals surface area contributed by atoms with Crippen LogP contribution in [0.2, 0.25) is 5.28 Å². The molecule has 0 saturated heterocycles. The molecule has 0 amide bonds. The monoisotopic (exact) mass is 187 g/mol. The van der Waals surface area contributed by atoms with Crippen LogP contribution in [-0.2, 0) is 4.79 Å². The van der Waals surface area contributed by atoms with Crippen LogP contribution in [0.3, 0.4) is 0 Å². The molecule has 0 unspecified atom stereocenters. The van der Waals surface area contributed by atoms with E-state index in [1.165, 1.54) is 12.3 Å². The first-order valence-electron chi connectivity index (χ1n) is 3.12. The SMILES string of the molecule is O=C(O)CNc1ccnc(Cl)n1. The molecule has 0 aliphatic carbocycles. The molecule has 12 heavy (non-hydrogen) atoms. The maximum Gasteiger partial charge on any atom is 0.322 e. The van der Waals surface area contributed by atoms with E-state index in [2.05, 4.69) is 15.3 Å². The number of anilines is 1. The Morgan fingerprint density at radius 3 is 3.08 bits per heavy atom. The molecule has 1 aromatic heterocycles. The fourth-order valence-corrected chi connectivity index (χ4v) is 0.747. The van der Waals surface area contributed by atoms with Gasteiger partial charge in [-0.05, 0) is 17.7 Å². The van der Waals surface area contributed by atoms with E-state index in [0.29, 0.717) is 5.82 Å². The van der Waals surface area contributed by atoms with Crippen molar-refractivity contribution < 1.29 is 9.90 Å². The van der Waals surface area contributed by atoms with Crippen molar-refractivity contribution in [1.82, 2.24) is 9.97 Å². The van der Waals surface area contributed by atoms with Gasteiger partial charge in [0.05, 0.1) is 0 Å². The fourth-order valence-electron chi connectivity index (χ4n) is 0.600. The van der Waals surface area contributed by atoms with Crippen molar-refractivity contribution >= 4 is 23.4 Å². The third-order valence-electron chi connectivity index (χ3n) is 1.05. The summed E-state index contributed by atoms with van der Waals surface area (Å²) in [6.07, 6.45) is 1.44. The van der Waals surface area contributed by atoms with E-state index in [0.717, 1.165) is 0 Å². The van der Waals surface area contributed by atoms with Gasteiger partial charge in [-0.15, -0.1) is 0 Å². The lowest BCUT2D eigenvalue weighted by Gasteiger charge is -2.00. The molecule has 0 saturated carbocycles. The molecule has 1 rings (SSSR count). The Morgan fingerprint density at radius 2 is 2.50 bits per heavy atom. The number of nitrogens with zero attached hydrogens (tertiary/aromatic N) is 2. The van der Waals surface area contributed by atoms with Crippen molar-refractivity contribution in [1.29, 1.82) is 0 Å². The summed E-state index contributed by atoms with van der Waals surface area (Å²) in [5, 5.41) is 10.9. The minimum Gasteiger partial charge on any atom is -0.480 e. The predicted molar refractivity (Wildman–Crippen MR) is 43.2 cm³/mol. The third kappa shape index (κ3) is 2.71. The molecule has 0 aliphatic heterocycles. The van der Waals surface area contributed by atoms with Gasteiger partial charge in [-0.25, -0.2) is 9.97 Å². The zero-order valence-corrected chi connectivity index (χ0v) is 6.75. The van der Waals surface area contributed by atoms with Crippen LogP contribution in [0.5, 0.6) is 0 Å². The Bertz CT molecular complexity index is 292. The van der Waals surface area contributed by atoms with Gasteiger partial charge in [0.1, 0.15) is 12.4 Å². The number of carbonyl (C=O) groups is 1. The lowest BCUT2D eigenvalue weighted by molar-refractivity contribution is -0.134. The number of hydrogen-bond acceptors (Lipinski definition) is 4. The van der Waals surface area contributed by atoms with E-state index in [1.807, 2.05) is 0 Å². The average molecular weight is 188 g/mol. The van der Waals surface area contributed by atoms with Gasteiger partial charge in [0.15, 0.2) is 0 Å². The molecular formula is C6H6ClN3O2. The second kappa shape index (κ2) is 3.87. The first kappa shape index (κ1) is 8.73. The summed E-state index contributed by atoms with van der Waals surface area (Å²) in [7, 11) is 0. The van der Waals surface area contributed by atoms with Crippen molar-refractivity contribution in [3.8, 4) is 0 Å². The van der Waals surface area contributed by atoms with E-state index in [9.17, 15) is 4.79 Å². The standard InChI is InChI=1S/C6H6ClN3O2/c7-6-8-2-1-4(10-6)9-3-5(11)12/h1-2H,3H2,(H,11,12)(H,8,9,10). The first-order chi connectivity index (χ1) is 5.68. The Kier molecular flexibility index (Phi) is 2.82. The molecule has 6 heteroatoms. The van der Waals surface area contributed by atoms with Crippen molar-refractivity contribution in [2.75, 3.05) is 11.9 Å². The van der Waals surface area contributed by atoms with Crippen LogP contribution in [0.1, 0.15) is 0 Å². The minimum atomic E-state index is -0.954. The topological polar surface area (TPSA) is 75.1 Å². The van der Waals surface area contributed by atoms with Gasteiger partial charge in [0.2, 0.25) is 5.28 Å². The molecule has 0 aromatic carbocycles. The first-order valence-corrected chi connectivity index (χ1v) is 3.50. The Balaban J connectivity index is 2.57. The van der Waals surface area contributed by atoms with Gasteiger partial charge in [-0.2, -0.15) is 0 Å². The maximum atomic E-state index is 10.1. The van der Waals surface area contributed by atoms with E-state index >= 15 is 0 Å². The second-order valence-corrected chi connectivity index (χ2v) is 2.30. The van der Waals surface area contributed by atoms with Crippen LogP contribution in [0.25, 0.3) is 0 Å². The summed E-state index contributed by atoms with van der Waals surface area (Å²) in [5.41, 5.74) is 0. The highest BCUT2D eigenvalue weighted by Gasteiger charge is 1.98. The molecule has 0 atom stereocenters. The number of aromatic nitrogens is 2. The van der Waals surface area contributed by atoms with Crippen molar-refractivity contribution in [2.45, 2.75) is 0 Å². The normalized spacial score (nSPS) is 9.42. The molecule has 64 valence electrons. The van der Waals surface area contributed by atoms with Gasteiger partial charge in [0, 0.05) is 6.20 Å². The molecular weight excluding hydrogens is 182 g/mol. The average Bonchev–Trinajstić information content (AvgIpc) is 2.01. The summed E-state index contributed by atoms with van der Waals surface area (Å²) in [5.74, 6) is -0.554. The minimum absolute atomic E-state index is 0.0883. The van der Waals surface area contributed by atoms with E-state index in [4.69, 9.17) is 16.7 Å². The zero-order valence-electron chi connectivity index (χ0n) is 5.99. The molecule has 0 fully saturated rings. The Morgan fingerprint density at radius 1 is 1.75 bits per heavy atom. The van der Waals surface area contributed by atoms with Crippen LogP contribution < -0.4 is 5.32 Å². The number of hydrogen-bond donors (Lipinski definition) is 2. The number of aliphatic carboxylic acids is 1. The number of halogens is 1. The third-order valence-corrected chi connectivity index (χ3v) is 1.23. The predicted octanol–water partition coefficient (Wildman–Crippen LogP) is 0.627. The van der Waals surface area contributed by atoms with Gasteiger partial charge >= 0.3 is 5.97 Å². The van der Waals surface area contributed by atoms with Crippen molar-refractivity contribution in [2.24, 2.45) is 0 Å². The summed E-state index contributed by atoms with van der Waals surface area (Å²) in [4.78, 5) is 17.5. The van der Waals surface area contributed by atoms with Crippen LogP contribution in [-0.4, -0.2) is 27.6 Å². The van der Waals surface area contributed by atoms with E-state index < -0.39 is 5.97 Å². The van der Waals surface area contributed by atoms with Crippen molar-refractivity contribution in [3.05, 3.63) is 17.5 Å². The number of carboxylic acids is 1. The Hall–Kier alpha value is -1.36. The quantitative estimate of drug-likeness (QED) is 0.679. The molecule has 0 radical (unpaired) electrons. The lowest BCUT2D eigenvalue weighted by atomic mass is 10.5. The summed E-state index contributed by atoms with van der Waals surface area (Å²) in [6, 6.07) is 1.54. The van der Waals surface area contributed by atoms with Crippen LogP contribution >= 0.6 is 11.6 Å². The number of nitrogens with one attached hydrogen (secondary N) is 1. The van der Waals surface area contributed by atoms with Crippen LogP contribution in [0, 0.1) is 0 Å². The molecule has 2 N–H and O–H groups in total. The largest absolute Gasteiger partial charge is 0.480 e. The molecule has 1 aromatic rings. The summed E-state index contributed by atoms with van der Waals surface area (Å²) in [6.45, 7) is -0.187. The van der Waals surface area contributed by atoms with Gasteiger partial charge < -0.3 is 10.4 Å². The highest BCUT2D eigenvalue weighted by Crippen LogP contribution is 2.04. The number of rotatable bonds is 3. The van der Waals surface area contributed by atoms with E-state index in [1.54, 1.807) is 0 Å². The smallest absolute Gasteiger partial charge is 0.322 e. The summed E-state index contributed by atoms with van der Waals surface area (Å²) < 4.78 is 0. The second-order valence-electron chi connectivity index (χ2n) is 1.96. The van der Waals surface area contributed by atoms with Crippen LogP contribution in [0.15, 0.2) is 12.3 Å².